The number of thiazole rings is 2. The Balaban J connectivity index is 1.37. The molecule has 3 heterocycles. The summed E-state index contributed by atoms with van der Waals surface area (Å²) < 4.78 is 10.7. The number of hydrogen-bond donors (Lipinski definition) is 1. The van der Waals surface area contributed by atoms with E-state index in [1.54, 1.807) is 16.7 Å². The van der Waals surface area contributed by atoms with Gasteiger partial charge in [0.15, 0.2) is 11.5 Å². The van der Waals surface area contributed by atoms with Crippen LogP contribution in [0, 0.1) is 0 Å². The molecule has 6 nitrogen and oxygen atoms in total. The summed E-state index contributed by atoms with van der Waals surface area (Å²) in [4.78, 5) is 22.4. The number of rotatable bonds is 6. The molecular formula is C18H17N3O3S2. The van der Waals surface area contributed by atoms with Crippen LogP contribution in [0.4, 0.5) is 0 Å². The summed E-state index contributed by atoms with van der Waals surface area (Å²) in [5, 5.41) is 6.50. The highest BCUT2D eigenvalue weighted by molar-refractivity contribution is 7.13. The number of hydrogen-bond acceptors (Lipinski definition) is 7. The van der Waals surface area contributed by atoms with E-state index in [-0.39, 0.29) is 12.7 Å². The molecule has 3 aromatic rings. The number of fused-ring (bicyclic) bond motifs is 1. The van der Waals surface area contributed by atoms with Crippen LogP contribution in [-0.4, -0.2) is 29.2 Å². The molecule has 0 saturated heterocycles. The van der Waals surface area contributed by atoms with Crippen molar-refractivity contribution < 1.29 is 14.3 Å². The number of benzene rings is 1. The maximum absolute atomic E-state index is 12.3. The van der Waals surface area contributed by atoms with Crippen molar-refractivity contribution in [3.63, 3.8) is 0 Å². The maximum Gasteiger partial charge on any atom is 0.270 e. The zero-order valence-corrected chi connectivity index (χ0v) is 15.8. The summed E-state index contributed by atoms with van der Waals surface area (Å²) in [6, 6.07) is 5.66. The number of amides is 1. The predicted molar refractivity (Wildman–Crippen MR) is 101 cm³/mol. The van der Waals surface area contributed by atoms with Crippen molar-refractivity contribution in [3.05, 3.63) is 45.4 Å². The molecule has 0 unspecified atom stereocenters. The number of carbonyl (C=O) groups excluding carboxylic acids is 1. The number of ether oxygens (including phenoxy) is 2. The van der Waals surface area contributed by atoms with E-state index in [2.05, 4.69) is 22.2 Å². The van der Waals surface area contributed by atoms with Crippen molar-refractivity contribution in [2.24, 2.45) is 0 Å². The monoisotopic (exact) mass is 387 g/mol. The lowest BCUT2D eigenvalue weighted by molar-refractivity contribution is 0.0950. The standard InChI is InChI=1S/C18H17N3O3S2/c1-2-12-8-20-16(26-12)5-6-19-17(22)13-9-25-18(21-13)11-3-4-14-15(7-11)24-10-23-14/h3-4,7-9H,2,5-6,10H2,1H3,(H,19,22). The molecule has 1 amide bonds. The smallest absolute Gasteiger partial charge is 0.270 e. The average molecular weight is 387 g/mol. The lowest BCUT2D eigenvalue weighted by Gasteiger charge is -2.01. The fraction of sp³-hybridized carbons (Fsp3) is 0.278. The average Bonchev–Trinajstić information content (AvgIpc) is 3.40. The van der Waals surface area contributed by atoms with Crippen LogP contribution < -0.4 is 14.8 Å². The molecule has 134 valence electrons. The number of aryl methyl sites for hydroxylation is 1. The van der Waals surface area contributed by atoms with Gasteiger partial charge in [0.05, 0.1) is 5.01 Å². The van der Waals surface area contributed by atoms with Crippen molar-refractivity contribution in [2.75, 3.05) is 13.3 Å². The van der Waals surface area contributed by atoms with Gasteiger partial charge < -0.3 is 14.8 Å². The third-order valence-corrected chi connectivity index (χ3v) is 6.02. The first-order valence-electron chi connectivity index (χ1n) is 8.30. The summed E-state index contributed by atoms with van der Waals surface area (Å²) in [7, 11) is 0. The SMILES string of the molecule is CCc1cnc(CCNC(=O)c2csc(-c3ccc4c(c3)OCO4)n2)s1. The Kier molecular flexibility index (Phi) is 4.85. The zero-order valence-electron chi connectivity index (χ0n) is 14.2. The Morgan fingerprint density at radius 3 is 3.04 bits per heavy atom. The molecule has 0 spiro atoms. The Morgan fingerprint density at radius 2 is 2.19 bits per heavy atom. The van der Waals surface area contributed by atoms with E-state index < -0.39 is 0 Å². The van der Waals surface area contributed by atoms with E-state index in [1.165, 1.54) is 16.2 Å². The molecule has 0 radical (unpaired) electrons. The van der Waals surface area contributed by atoms with E-state index in [1.807, 2.05) is 24.4 Å². The molecule has 8 heteroatoms. The normalized spacial score (nSPS) is 12.3. The molecular weight excluding hydrogens is 370 g/mol. The maximum atomic E-state index is 12.3. The molecule has 0 aliphatic carbocycles. The molecule has 2 aromatic heterocycles. The highest BCUT2D eigenvalue weighted by atomic mass is 32.1. The molecule has 0 atom stereocenters. The number of aromatic nitrogens is 2. The van der Waals surface area contributed by atoms with Crippen LogP contribution in [0.25, 0.3) is 10.6 Å². The van der Waals surface area contributed by atoms with Crippen LogP contribution >= 0.6 is 22.7 Å². The zero-order chi connectivity index (χ0) is 17.9. The Bertz CT molecular complexity index is 935. The summed E-state index contributed by atoms with van der Waals surface area (Å²) in [6.07, 6.45) is 3.63. The highest BCUT2D eigenvalue weighted by Crippen LogP contribution is 2.36. The lowest BCUT2D eigenvalue weighted by Crippen LogP contribution is -2.25. The fourth-order valence-corrected chi connectivity index (χ4v) is 4.20. The minimum Gasteiger partial charge on any atom is -0.454 e. The second-order valence-electron chi connectivity index (χ2n) is 5.69. The Morgan fingerprint density at radius 1 is 1.31 bits per heavy atom. The lowest BCUT2D eigenvalue weighted by atomic mass is 10.2. The van der Waals surface area contributed by atoms with Gasteiger partial charge in [-0.15, -0.1) is 22.7 Å². The van der Waals surface area contributed by atoms with Crippen LogP contribution in [0.15, 0.2) is 29.8 Å². The van der Waals surface area contributed by atoms with Crippen LogP contribution in [0.2, 0.25) is 0 Å². The summed E-state index contributed by atoms with van der Waals surface area (Å²) in [5.41, 5.74) is 1.34. The number of nitrogens with zero attached hydrogens (tertiary/aromatic N) is 2. The first kappa shape index (κ1) is 17.0. The first-order valence-corrected chi connectivity index (χ1v) is 10.00. The van der Waals surface area contributed by atoms with Crippen molar-refractivity contribution in [3.8, 4) is 22.1 Å². The third-order valence-electron chi connectivity index (χ3n) is 3.93. The molecule has 0 saturated carbocycles. The third kappa shape index (κ3) is 3.56. The molecule has 0 fully saturated rings. The van der Waals surface area contributed by atoms with E-state index >= 15 is 0 Å². The number of carbonyl (C=O) groups is 1. The van der Waals surface area contributed by atoms with Gasteiger partial charge >= 0.3 is 0 Å². The van der Waals surface area contributed by atoms with Crippen LogP contribution in [0.1, 0.15) is 27.3 Å². The van der Waals surface area contributed by atoms with Crippen LogP contribution in [0.5, 0.6) is 11.5 Å². The van der Waals surface area contributed by atoms with Crippen molar-refractivity contribution in [2.45, 2.75) is 19.8 Å². The van der Waals surface area contributed by atoms with Crippen molar-refractivity contribution >= 4 is 28.6 Å². The van der Waals surface area contributed by atoms with Gasteiger partial charge in [0.2, 0.25) is 6.79 Å². The minimum atomic E-state index is -0.166. The van der Waals surface area contributed by atoms with E-state index in [9.17, 15) is 4.79 Å². The molecule has 1 aliphatic rings. The van der Waals surface area contributed by atoms with Gasteiger partial charge in [0, 0.05) is 35.0 Å². The van der Waals surface area contributed by atoms with Gasteiger partial charge in [-0.25, -0.2) is 9.97 Å². The molecule has 1 aliphatic heterocycles. The molecule has 26 heavy (non-hydrogen) atoms. The first-order chi connectivity index (χ1) is 12.7. The number of nitrogens with one attached hydrogen (secondary N) is 1. The topological polar surface area (TPSA) is 73.3 Å². The van der Waals surface area contributed by atoms with Crippen molar-refractivity contribution in [1.29, 1.82) is 0 Å². The Labute approximate surface area is 158 Å². The predicted octanol–water partition coefficient (Wildman–Crippen LogP) is 3.53. The van der Waals surface area contributed by atoms with Gasteiger partial charge in [-0.1, -0.05) is 6.92 Å². The Hall–Kier alpha value is -2.45. The van der Waals surface area contributed by atoms with Crippen LogP contribution in [-0.2, 0) is 12.8 Å². The highest BCUT2D eigenvalue weighted by Gasteiger charge is 2.16. The largest absolute Gasteiger partial charge is 0.454 e. The van der Waals surface area contributed by atoms with Gasteiger partial charge in [-0.3, -0.25) is 4.79 Å². The van der Waals surface area contributed by atoms with Gasteiger partial charge in [0.1, 0.15) is 10.7 Å². The quantitative estimate of drug-likeness (QED) is 0.700. The van der Waals surface area contributed by atoms with Crippen molar-refractivity contribution in [1.82, 2.24) is 15.3 Å². The van der Waals surface area contributed by atoms with Gasteiger partial charge in [-0.2, -0.15) is 0 Å². The summed E-state index contributed by atoms with van der Waals surface area (Å²) >= 11 is 3.13. The van der Waals surface area contributed by atoms with Gasteiger partial charge in [0.25, 0.3) is 5.91 Å². The molecule has 0 bridgehead atoms. The second-order valence-corrected chi connectivity index (χ2v) is 7.74. The molecule has 1 N–H and O–H groups in total. The summed E-state index contributed by atoms with van der Waals surface area (Å²) in [5.74, 6) is 1.27. The van der Waals surface area contributed by atoms with E-state index in [0.29, 0.717) is 18.0 Å². The fourth-order valence-electron chi connectivity index (χ4n) is 2.54. The van der Waals surface area contributed by atoms with Gasteiger partial charge in [-0.05, 0) is 24.6 Å². The molecule has 4 rings (SSSR count). The van der Waals surface area contributed by atoms with E-state index in [0.717, 1.165) is 34.2 Å². The summed E-state index contributed by atoms with van der Waals surface area (Å²) in [6.45, 7) is 2.90. The van der Waals surface area contributed by atoms with E-state index in [4.69, 9.17) is 9.47 Å². The minimum absolute atomic E-state index is 0.166. The second kappa shape index (κ2) is 7.43. The molecule has 1 aromatic carbocycles. The van der Waals surface area contributed by atoms with Crippen LogP contribution in [0.3, 0.4) is 0 Å².